The summed E-state index contributed by atoms with van der Waals surface area (Å²) in [6, 6.07) is 11.9. The molecule has 3 aliphatic rings. The molecular formula is C30H38N4O5. The first-order valence-electron chi connectivity index (χ1n) is 13.7. The van der Waals surface area contributed by atoms with Crippen molar-refractivity contribution in [3.63, 3.8) is 0 Å². The molecule has 2 aromatic rings. The van der Waals surface area contributed by atoms with Crippen LogP contribution in [-0.2, 0) is 16.0 Å². The third kappa shape index (κ3) is 4.67. The standard InChI is InChI=1S/C30H38N4O5/c1-5-30(6-2)16-24(36)34(28(31)33-30)26-21-15-19(12-14-23(21)39-29(26,3)17-38-4)27(37)32-25-20-10-8-7-9-18(20)11-13-22(25)35/h7-10,12,14-15,22,25-26,35H,5-6,11,13,16-17H2,1-4H3,(H2,31,33)(H,32,37)/t22-,25-,26+,29+/m1/s1. The number of hydrogen-bond donors (Lipinski definition) is 3. The van der Waals surface area contributed by atoms with E-state index in [-0.39, 0.29) is 30.8 Å². The lowest BCUT2D eigenvalue weighted by Gasteiger charge is -2.42. The Bertz CT molecular complexity index is 1310. The molecule has 0 bridgehead atoms. The van der Waals surface area contributed by atoms with Gasteiger partial charge >= 0.3 is 0 Å². The van der Waals surface area contributed by atoms with Crippen molar-refractivity contribution >= 4 is 17.8 Å². The molecule has 2 aliphatic heterocycles. The molecule has 0 unspecified atom stereocenters. The van der Waals surface area contributed by atoms with Gasteiger partial charge in [-0.15, -0.1) is 0 Å². The molecule has 2 heterocycles. The fourth-order valence-corrected chi connectivity index (χ4v) is 6.35. The Morgan fingerprint density at radius 2 is 1.97 bits per heavy atom. The maximum absolute atomic E-state index is 13.6. The van der Waals surface area contributed by atoms with Crippen LogP contribution < -0.4 is 15.8 Å². The Hall–Kier alpha value is -3.43. The third-order valence-electron chi connectivity index (χ3n) is 8.61. The van der Waals surface area contributed by atoms with Gasteiger partial charge in [-0.3, -0.25) is 14.5 Å². The Kier molecular flexibility index (Phi) is 7.15. The average Bonchev–Trinajstić information content (AvgIpc) is 3.20. The number of benzene rings is 2. The summed E-state index contributed by atoms with van der Waals surface area (Å²) in [7, 11) is 1.58. The number of nitrogens with two attached hydrogens (primary N) is 1. The minimum absolute atomic E-state index is 0.133. The molecule has 9 heteroatoms. The van der Waals surface area contributed by atoms with E-state index in [1.807, 2.05) is 45.0 Å². The van der Waals surface area contributed by atoms with E-state index in [9.17, 15) is 14.7 Å². The molecule has 0 radical (unpaired) electrons. The fourth-order valence-electron chi connectivity index (χ4n) is 6.35. The van der Waals surface area contributed by atoms with E-state index in [1.54, 1.807) is 25.3 Å². The van der Waals surface area contributed by atoms with Crippen LogP contribution in [0, 0.1) is 0 Å². The van der Waals surface area contributed by atoms with Crippen LogP contribution in [-0.4, -0.2) is 58.7 Å². The number of aliphatic imine (C=N–C) groups is 1. The van der Waals surface area contributed by atoms with Crippen LogP contribution in [0.2, 0.25) is 0 Å². The first-order chi connectivity index (χ1) is 18.6. The topological polar surface area (TPSA) is 126 Å². The van der Waals surface area contributed by atoms with Crippen molar-refractivity contribution in [2.75, 3.05) is 13.7 Å². The Morgan fingerprint density at radius 1 is 1.23 bits per heavy atom. The lowest BCUT2D eigenvalue weighted by molar-refractivity contribution is -0.135. The molecule has 39 heavy (non-hydrogen) atoms. The lowest BCUT2D eigenvalue weighted by Crippen LogP contribution is -2.58. The first-order valence-corrected chi connectivity index (χ1v) is 13.7. The van der Waals surface area contributed by atoms with Gasteiger partial charge in [-0.2, -0.15) is 0 Å². The molecule has 0 saturated carbocycles. The predicted octanol–water partition coefficient (Wildman–Crippen LogP) is 3.41. The zero-order valence-corrected chi connectivity index (χ0v) is 23.1. The van der Waals surface area contributed by atoms with E-state index in [1.165, 1.54) is 4.90 Å². The van der Waals surface area contributed by atoms with E-state index in [0.29, 0.717) is 36.1 Å². The number of carbonyl (C=O) groups is 2. The van der Waals surface area contributed by atoms with Gasteiger partial charge in [0.05, 0.1) is 30.7 Å². The molecule has 0 saturated heterocycles. The molecule has 1 aliphatic carbocycles. The van der Waals surface area contributed by atoms with Crippen LogP contribution in [0.5, 0.6) is 5.75 Å². The number of methoxy groups -OCH3 is 1. The molecular weight excluding hydrogens is 496 g/mol. The summed E-state index contributed by atoms with van der Waals surface area (Å²) in [5.74, 6) is 0.255. The molecule has 208 valence electrons. The maximum Gasteiger partial charge on any atom is 0.251 e. The highest BCUT2D eigenvalue weighted by molar-refractivity contribution is 6.00. The molecule has 2 amide bonds. The zero-order chi connectivity index (χ0) is 27.9. The van der Waals surface area contributed by atoms with Gasteiger partial charge in [-0.1, -0.05) is 38.1 Å². The smallest absolute Gasteiger partial charge is 0.251 e. The lowest BCUT2D eigenvalue weighted by atomic mass is 9.85. The highest BCUT2D eigenvalue weighted by atomic mass is 16.5. The monoisotopic (exact) mass is 534 g/mol. The highest BCUT2D eigenvalue weighted by Gasteiger charge is 2.53. The number of rotatable bonds is 7. The molecule has 0 fully saturated rings. The number of ether oxygens (including phenoxy) is 2. The number of nitrogens with zero attached hydrogens (tertiary/aromatic N) is 2. The highest BCUT2D eigenvalue weighted by Crippen LogP contribution is 2.48. The number of aryl methyl sites for hydroxylation is 1. The van der Waals surface area contributed by atoms with E-state index >= 15 is 0 Å². The van der Waals surface area contributed by atoms with Gasteiger partial charge in [0.15, 0.2) is 11.6 Å². The number of hydrogen-bond acceptors (Lipinski definition) is 7. The SMILES string of the molecule is CCC1(CC)CC(=O)N([C@H]2c3cc(C(=O)N[C@@H]4c5ccccc5CC[C@H]4O)ccc3O[C@@]2(C)COC)C(N)=N1. The van der Waals surface area contributed by atoms with E-state index in [0.717, 1.165) is 17.5 Å². The van der Waals surface area contributed by atoms with Crippen LogP contribution in [0.4, 0.5) is 0 Å². The molecule has 2 aromatic carbocycles. The summed E-state index contributed by atoms with van der Waals surface area (Å²) in [6.07, 6.45) is 2.32. The number of carbonyl (C=O) groups excluding carboxylic acids is 2. The second kappa shape index (κ2) is 10.3. The Labute approximate surface area is 229 Å². The van der Waals surface area contributed by atoms with Gasteiger partial charge in [-0.25, -0.2) is 4.99 Å². The molecule has 9 nitrogen and oxygen atoms in total. The number of aliphatic hydroxyl groups is 1. The summed E-state index contributed by atoms with van der Waals surface area (Å²) in [4.78, 5) is 33.4. The number of guanidine groups is 1. The van der Waals surface area contributed by atoms with Crippen molar-refractivity contribution < 1.29 is 24.2 Å². The minimum Gasteiger partial charge on any atom is -0.482 e. The largest absolute Gasteiger partial charge is 0.482 e. The van der Waals surface area contributed by atoms with E-state index in [2.05, 4.69) is 5.32 Å². The van der Waals surface area contributed by atoms with Crippen molar-refractivity contribution in [3.05, 3.63) is 64.7 Å². The molecule has 5 rings (SSSR count). The van der Waals surface area contributed by atoms with Gasteiger partial charge in [-0.05, 0) is 61.9 Å². The van der Waals surface area contributed by atoms with Gasteiger partial charge in [0.1, 0.15) is 11.8 Å². The summed E-state index contributed by atoms with van der Waals surface area (Å²) in [5, 5.41) is 13.8. The molecule has 0 aromatic heterocycles. The van der Waals surface area contributed by atoms with Crippen molar-refractivity contribution in [2.24, 2.45) is 10.7 Å². The van der Waals surface area contributed by atoms with Crippen LogP contribution in [0.15, 0.2) is 47.5 Å². The third-order valence-corrected chi connectivity index (χ3v) is 8.61. The van der Waals surface area contributed by atoms with Gasteiger partial charge in [0, 0.05) is 18.2 Å². The van der Waals surface area contributed by atoms with Gasteiger partial charge in [0.2, 0.25) is 5.91 Å². The second-order valence-corrected chi connectivity index (χ2v) is 11.1. The zero-order valence-electron chi connectivity index (χ0n) is 23.1. The van der Waals surface area contributed by atoms with Crippen molar-refractivity contribution in [3.8, 4) is 5.75 Å². The van der Waals surface area contributed by atoms with E-state index < -0.39 is 29.3 Å². The summed E-state index contributed by atoms with van der Waals surface area (Å²) in [5.41, 5.74) is 8.14. The normalized spacial score (nSPS) is 27.3. The quantitative estimate of drug-likeness (QED) is 0.500. The average molecular weight is 535 g/mol. The Morgan fingerprint density at radius 3 is 2.67 bits per heavy atom. The van der Waals surface area contributed by atoms with Gasteiger partial charge < -0.3 is 25.6 Å². The summed E-state index contributed by atoms with van der Waals surface area (Å²) >= 11 is 0. The number of nitrogens with one attached hydrogen (secondary N) is 1. The van der Waals surface area contributed by atoms with Crippen LogP contribution in [0.1, 0.15) is 85.6 Å². The molecule has 4 N–H and O–H groups in total. The minimum atomic E-state index is -0.946. The van der Waals surface area contributed by atoms with E-state index in [4.69, 9.17) is 20.2 Å². The van der Waals surface area contributed by atoms with Crippen molar-refractivity contribution in [1.82, 2.24) is 10.2 Å². The number of aliphatic hydroxyl groups excluding tert-OH is 1. The summed E-state index contributed by atoms with van der Waals surface area (Å²) in [6.45, 7) is 6.10. The molecule has 4 atom stereocenters. The number of amides is 2. The van der Waals surface area contributed by atoms with Crippen LogP contribution >= 0.6 is 0 Å². The first kappa shape index (κ1) is 27.1. The second-order valence-electron chi connectivity index (χ2n) is 11.1. The van der Waals surface area contributed by atoms with Crippen LogP contribution in [0.3, 0.4) is 0 Å². The van der Waals surface area contributed by atoms with Gasteiger partial charge in [0.25, 0.3) is 5.91 Å². The maximum atomic E-state index is 13.6. The van der Waals surface area contributed by atoms with Crippen LogP contribution in [0.25, 0.3) is 0 Å². The van der Waals surface area contributed by atoms with Crippen molar-refractivity contribution in [1.29, 1.82) is 0 Å². The van der Waals surface area contributed by atoms with Crippen molar-refractivity contribution in [2.45, 2.75) is 82.2 Å². The number of fused-ring (bicyclic) bond motifs is 2. The Balaban J connectivity index is 1.50. The predicted molar refractivity (Wildman–Crippen MR) is 147 cm³/mol. The summed E-state index contributed by atoms with van der Waals surface area (Å²) < 4.78 is 11.9. The molecule has 0 spiro atoms. The fraction of sp³-hybridized carbons (Fsp3) is 0.500.